The number of carboxylic acids is 1. The van der Waals surface area contributed by atoms with Crippen LogP contribution in [0.2, 0.25) is 0 Å². The smallest absolute Gasteiger partial charge is 0.338 e. The summed E-state index contributed by atoms with van der Waals surface area (Å²) >= 11 is 0. The SMILES string of the molecule is Cc1ccc2nc(-c3nc4ccccc4n3S(=O)(=O)N(C)C)c(C(=O)O)cc2c1. The van der Waals surface area contributed by atoms with Crippen LogP contribution in [-0.4, -0.2) is 51.8 Å². The number of aromatic carboxylic acids is 1. The molecule has 0 saturated heterocycles. The van der Waals surface area contributed by atoms with Crippen LogP contribution in [0.15, 0.2) is 48.5 Å². The first kappa shape index (κ1) is 19.0. The molecule has 0 saturated carbocycles. The zero-order valence-corrected chi connectivity index (χ0v) is 16.8. The molecule has 0 aliphatic heterocycles. The second-order valence-electron chi connectivity index (χ2n) is 6.86. The Morgan fingerprint density at radius 3 is 2.45 bits per heavy atom. The summed E-state index contributed by atoms with van der Waals surface area (Å²) in [5.74, 6) is -1.25. The number of aryl methyl sites for hydroxylation is 1. The summed E-state index contributed by atoms with van der Waals surface area (Å²) in [6.45, 7) is 1.90. The Labute approximate surface area is 167 Å². The molecule has 2 aromatic heterocycles. The molecule has 0 amide bonds. The van der Waals surface area contributed by atoms with E-state index in [1.807, 2.05) is 19.1 Å². The summed E-state index contributed by atoms with van der Waals surface area (Å²) in [5.41, 5.74) is 2.17. The number of carbonyl (C=O) groups is 1. The first-order valence-corrected chi connectivity index (χ1v) is 10.2. The monoisotopic (exact) mass is 410 g/mol. The molecular formula is C20H18N4O4S. The van der Waals surface area contributed by atoms with Crippen LogP contribution in [0.25, 0.3) is 33.5 Å². The van der Waals surface area contributed by atoms with Gasteiger partial charge in [0.2, 0.25) is 0 Å². The number of hydrogen-bond acceptors (Lipinski definition) is 5. The molecule has 9 heteroatoms. The minimum atomic E-state index is -3.99. The lowest BCUT2D eigenvalue weighted by Gasteiger charge is -2.16. The van der Waals surface area contributed by atoms with E-state index in [1.54, 1.807) is 30.3 Å². The van der Waals surface area contributed by atoms with E-state index in [0.29, 0.717) is 21.9 Å². The maximum absolute atomic E-state index is 13.1. The standard InChI is InChI=1S/C20H18N4O4S/c1-12-8-9-15-13(10-12)11-14(20(25)26)18(21-15)19-22-16-6-4-5-7-17(16)24(19)29(27,28)23(2)3/h4-11H,1-3H3,(H,25,26). The molecule has 0 aliphatic carbocycles. The van der Waals surface area contributed by atoms with Gasteiger partial charge in [-0.05, 0) is 37.3 Å². The van der Waals surface area contributed by atoms with Crippen molar-refractivity contribution in [3.8, 4) is 11.5 Å². The fourth-order valence-corrected chi connectivity index (χ4v) is 4.25. The fourth-order valence-electron chi connectivity index (χ4n) is 3.18. The third kappa shape index (κ3) is 3.04. The molecule has 0 aliphatic rings. The first-order chi connectivity index (χ1) is 13.7. The van der Waals surface area contributed by atoms with Crippen LogP contribution in [0.4, 0.5) is 0 Å². The molecule has 0 bridgehead atoms. The molecule has 8 nitrogen and oxygen atoms in total. The van der Waals surface area contributed by atoms with Crippen LogP contribution in [-0.2, 0) is 10.2 Å². The lowest BCUT2D eigenvalue weighted by Crippen LogP contribution is -2.29. The zero-order chi connectivity index (χ0) is 20.9. The second-order valence-corrected chi connectivity index (χ2v) is 8.86. The molecule has 2 aromatic carbocycles. The van der Waals surface area contributed by atoms with Gasteiger partial charge in [0.15, 0.2) is 5.82 Å². The molecule has 0 fully saturated rings. The van der Waals surface area contributed by atoms with Crippen molar-refractivity contribution in [2.24, 2.45) is 0 Å². The molecule has 0 unspecified atom stereocenters. The van der Waals surface area contributed by atoms with Crippen LogP contribution < -0.4 is 0 Å². The van der Waals surface area contributed by atoms with Gasteiger partial charge in [-0.15, -0.1) is 0 Å². The third-order valence-electron chi connectivity index (χ3n) is 4.62. The Kier molecular flexibility index (Phi) is 4.36. The zero-order valence-electron chi connectivity index (χ0n) is 16.0. The van der Waals surface area contributed by atoms with Crippen LogP contribution in [0, 0.1) is 6.92 Å². The van der Waals surface area contributed by atoms with Crippen LogP contribution >= 0.6 is 0 Å². The van der Waals surface area contributed by atoms with Crippen molar-refractivity contribution in [2.45, 2.75) is 6.92 Å². The first-order valence-electron chi connectivity index (χ1n) is 8.76. The Balaban J connectivity index is 2.15. The highest BCUT2D eigenvalue weighted by Crippen LogP contribution is 2.30. The maximum Gasteiger partial charge on any atom is 0.338 e. The normalized spacial score (nSPS) is 12.1. The van der Waals surface area contributed by atoms with Crippen molar-refractivity contribution >= 4 is 38.1 Å². The number of pyridine rings is 1. The molecule has 0 radical (unpaired) electrons. The lowest BCUT2D eigenvalue weighted by molar-refractivity contribution is 0.0697. The second kappa shape index (κ2) is 6.64. The van der Waals surface area contributed by atoms with Crippen molar-refractivity contribution in [3.05, 3.63) is 59.7 Å². The number of rotatable bonds is 4. The summed E-state index contributed by atoms with van der Waals surface area (Å²) < 4.78 is 28.2. The quantitative estimate of drug-likeness (QED) is 0.555. The number of benzene rings is 2. The number of imidazole rings is 1. The minimum Gasteiger partial charge on any atom is -0.478 e. The number of fused-ring (bicyclic) bond motifs is 2. The van der Waals surface area contributed by atoms with E-state index in [1.165, 1.54) is 20.2 Å². The van der Waals surface area contributed by atoms with E-state index in [-0.39, 0.29) is 17.1 Å². The highest BCUT2D eigenvalue weighted by atomic mass is 32.2. The van der Waals surface area contributed by atoms with Gasteiger partial charge >= 0.3 is 16.2 Å². The molecular weight excluding hydrogens is 392 g/mol. The molecule has 1 N–H and O–H groups in total. The molecule has 0 atom stereocenters. The van der Waals surface area contributed by atoms with E-state index in [4.69, 9.17) is 0 Å². The summed E-state index contributed by atoms with van der Waals surface area (Å²) in [6, 6.07) is 13.7. The van der Waals surface area contributed by atoms with Gasteiger partial charge in [0.05, 0.1) is 22.1 Å². The van der Waals surface area contributed by atoms with Gasteiger partial charge in [0.1, 0.15) is 5.69 Å². The summed E-state index contributed by atoms with van der Waals surface area (Å²) in [6.07, 6.45) is 0. The van der Waals surface area contributed by atoms with Gasteiger partial charge in [-0.25, -0.2) is 18.7 Å². The summed E-state index contributed by atoms with van der Waals surface area (Å²) in [4.78, 5) is 20.9. The van der Waals surface area contributed by atoms with Gasteiger partial charge < -0.3 is 5.11 Å². The average molecular weight is 410 g/mol. The third-order valence-corrected chi connectivity index (χ3v) is 6.38. The Morgan fingerprint density at radius 1 is 1.03 bits per heavy atom. The number of aromatic nitrogens is 3. The average Bonchev–Trinajstić information content (AvgIpc) is 3.06. The number of carboxylic acid groups (broad SMARTS) is 1. The van der Waals surface area contributed by atoms with Crippen molar-refractivity contribution in [3.63, 3.8) is 0 Å². The maximum atomic E-state index is 13.1. The predicted molar refractivity (Wildman–Crippen MR) is 110 cm³/mol. The molecule has 29 heavy (non-hydrogen) atoms. The minimum absolute atomic E-state index is 0.00419. The van der Waals surface area contributed by atoms with E-state index in [9.17, 15) is 18.3 Å². The number of hydrogen-bond donors (Lipinski definition) is 1. The van der Waals surface area contributed by atoms with Crippen LogP contribution in [0.5, 0.6) is 0 Å². The largest absolute Gasteiger partial charge is 0.478 e. The van der Waals surface area contributed by atoms with Gasteiger partial charge in [-0.3, -0.25) is 0 Å². The number of para-hydroxylation sites is 2. The fraction of sp³-hybridized carbons (Fsp3) is 0.150. The molecule has 4 aromatic rings. The van der Waals surface area contributed by atoms with E-state index >= 15 is 0 Å². The summed E-state index contributed by atoms with van der Waals surface area (Å²) in [5, 5.41) is 10.5. The summed E-state index contributed by atoms with van der Waals surface area (Å²) in [7, 11) is -1.18. The highest BCUT2D eigenvalue weighted by molar-refractivity contribution is 7.87. The molecule has 4 rings (SSSR count). The Bertz CT molecular complexity index is 1390. The van der Waals surface area contributed by atoms with Gasteiger partial charge in [0.25, 0.3) is 0 Å². The van der Waals surface area contributed by atoms with Crippen molar-refractivity contribution in [1.29, 1.82) is 0 Å². The van der Waals surface area contributed by atoms with Crippen LogP contribution in [0.3, 0.4) is 0 Å². The molecule has 0 spiro atoms. The Hall–Kier alpha value is -3.30. The van der Waals surface area contributed by atoms with E-state index < -0.39 is 16.2 Å². The molecule has 2 heterocycles. The van der Waals surface area contributed by atoms with Crippen molar-refractivity contribution < 1.29 is 18.3 Å². The van der Waals surface area contributed by atoms with Crippen molar-refractivity contribution in [1.82, 2.24) is 18.2 Å². The van der Waals surface area contributed by atoms with E-state index in [2.05, 4.69) is 9.97 Å². The van der Waals surface area contributed by atoms with Crippen molar-refractivity contribution in [2.75, 3.05) is 14.1 Å². The van der Waals surface area contributed by atoms with Gasteiger partial charge in [-0.1, -0.05) is 23.8 Å². The predicted octanol–water partition coefficient (Wildman–Crippen LogP) is 2.91. The topological polar surface area (TPSA) is 105 Å². The van der Waals surface area contributed by atoms with Gasteiger partial charge in [-0.2, -0.15) is 12.7 Å². The molecule has 148 valence electrons. The van der Waals surface area contributed by atoms with Crippen LogP contribution in [0.1, 0.15) is 15.9 Å². The highest BCUT2D eigenvalue weighted by Gasteiger charge is 2.28. The van der Waals surface area contributed by atoms with E-state index in [0.717, 1.165) is 13.8 Å². The Morgan fingerprint density at radius 2 is 1.76 bits per heavy atom. The number of nitrogens with zero attached hydrogens (tertiary/aromatic N) is 4. The lowest BCUT2D eigenvalue weighted by atomic mass is 10.1. The van der Waals surface area contributed by atoms with Gasteiger partial charge in [0, 0.05) is 19.5 Å².